The molecule has 5 aliphatic rings. The molecule has 0 unspecified atom stereocenters. The Hall–Kier alpha value is -4.63. The minimum absolute atomic E-state index is 0.00841. The van der Waals surface area contributed by atoms with Gasteiger partial charge in [0.2, 0.25) is 0 Å². The molecule has 2 aliphatic heterocycles. The molecule has 0 aromatic heterocycles. The number of carbonyl (C=O) groups is 6. The second-order valence-electron chi connectivity index (χ2n) is 19.8. The van der Waals surface area contributed by atoms with Gasteiger partial charge in [0.05, 0.1) is 5.03 Å². The van der Waals surface area contributed by atoms with Crippen LogP contribution in [0.3, 0.4) is 0 Å². The number of fused-ring (bicyclic) bond motifs is 3. The molecule has 0 aromatic rings. The molecule has 0 aromatic carbocycles. The first-order valence-electron chi connectivity index (χ1n) is 27.1. The van der Waals surface area contributed by atoms with E-state index < -0.39 is 0 Å². The second kappa shape index (κ2) is 31.0. The van der Waals surface area contributed by atoms with Crippen molar-refractivity contribution < 1.29 is 43.0 Å². The van der Waals surface area contributed by atoms with Crippen LogP contribution in [0.5, 0.6) is 0 Å². The second-order valence-corrected chi connectivity index (χ2v) is 20.2. The van der Waals surface area contributed by atoms with Crippen LogP contribution in [-0.4, -0.2) is 53.6 Å². The van der Waals surface area contributed by atoms with E-state index in [1.807, 2.05) is 30.4 Å². The number of esters is 3. The first-order chi connectivity index (χ1) is 34.0. The zero-order valence-corrected chi connectivity index (χ0v) is 43.3. The molecule has 382 valence electrons. The molecule has 0 amide bonds. The summed E-state index contributed by atoms with van der Waals surface area (Å²) in [4.78, 5) is 80.7. The molecule has 3 aliphatic carbocycles. The molecule has 0 N–H and O–H groups in total. The van der Waals surface area contributed by atoms with Crippen LogP contribution in [0.1, 0.15) is 194 Å². The Morgan fingerprint density at radius 1 is 0.486 bits per heavy atom. The number of unbranched alkanes of at least 4 members (excludes halogenated alkanes) is 6. The van der Waals surface area contributed by atoms with Gasteiger partial charge in [-0.1, -0.05) is 138 Å². The Labute approximate surface area is 424 Å². The number of rotatable bonds is 13. The lowest BCUT2D eigenvalue weighted by Crippen LogP contribution is -2.18. The molecule has 0 saturated heterocycles. The van der Waals surface area contributed by atoms with Crippen molar-refractivity contribution in [3.63, 3.8) is 0 Å². The van der Waals surface area contributed by atoms with E-state index in [0.717, 1.165) is 81.8 Å². The van der Waals surface area contributed by atoms with Crippen molar-refractivity contribution in [2.45, 2.75) is 212 Å². The molecule has 6 atom stereocenters. The molecule has 0 fully saturated rings. The lowest BCUT2D eigenvalue weighted by atomic mass is 9.91. The highest BCUT2D eigenvalue weighted by atomic mass is 35.5. The molecule has 70 heavy (non-hydrogen) atoms. The molecular formula is C60H81ClO9. The summed E-state index contributed by atoms with van der Waals surface area (Å²) in [5, 5.41) is 0.187. The van der Waals surface area contributed by atoms with E-state index in [-0.39, 0.29) is 95.6 Å². The summed E-state index contributed by atoms with van der Waals surface area (Å²) in [5.41, 5.74) is 3.45. The Bertz CT molecular complexity index is 2090. The van der Waals surface area contributed by atoms with E-state index in [4.69, 9.17) is 25.8 Å². The zero-order valence-electron chi connectivity index (χ0n) is 42.5. The highest BCUT2D eigenvalue weighted by molar-refractivity contribution is 6.46. The highest BCUT2D eigenvalue weighted by Gasteiger charge is 2.33. The minimum Gasteiger partial charge on any atom is -0.462 e. The highest BCUT2D eigenvalue weighted by Crippen LogP contribution is 2.39. The number of cyclic esters (lactones) is 3. The zero-order chi connectivity index (χ0) is 50.1. The molecule has 0 spiro atoms. The van der Waals surface area contributed by atoms with Crippen molar-refractivity contribution in [1.82, 2.24) is 0 Å². The largest absolute Gasteiger partial charge is 0.462 e. The van der Waals surface area contributed by atoms with Crippen LogP contribution in [0.2, 0.25) is 0 Å². The van der Waals surface area contributed by atoms with Gasteiger partial charge in [0.1, 0.15) is 18.3 Å². The molecular weight excluding hydrogens is 900 g/mol. The summed E-state index contributed by atoms with van der Waals surface area (Å²) >= 11 is 6.46. The Balaban J connectivity index is 1.39. The van der Waals surface area contributed by atoms with Gasteiger partial charge >= 0.3 is 17.9 Å². The minimum atomic E-state index is -0.375. The van der Waals surface area contributed by atoms with Crippen LogP contribution < -0.4 is 0 Å². The number of hydrogen-bond donors (Lipinski definition) is 0. The fourth-order valence-corrected chi connectivity index (χ4v) is 10.3. The van der Waals surface area contributed by atoms with E-state index in [9.17, 15) is 28.8 Å². The summed E-state index contributed by atoms with van der Waals surface area (Å²) < 4.78 is 18.2. The van der Waals surface area contributed by atoms with E-state index in [1.54, 1.807) is 12.2 Å². The average molecular weight is 982 g/mol. The van der Waals surface area contributed by atoms with E-state index in [0.29, 0.717) is 100 Å². The van der Waals surface area contributed by atoms with Gasteiger partial charge in [0.25, 0.3) is 0 Å². The summed E-state index contributed by atoms with van der Waals surface area (Å²) in [6.07, 6.45) is 41.2. The predicted octanol–water partition coefficient (Wildman–Crippen LogP) is 14.4. The Kier molecular flexibility index (Phi) is 24.9. The van der Waals surface area contributed by atoms with Gasteiger partial charge in [-0.15, -0.1) is 0 Å². The van der Waals surface area contributed by atoms with Crippen molar-refractivity contribution in [3.8, 4) is 0 Å². The number of ketones is 3. The van der Waals surface area contributed by atoms with Crippen LogP contribution in [0.4, 0.5) is 0 Å². The molecule has 0 radical (unpaired) electrons. The molecule has 2 heterocycles. The smallest absolute Gasteiger partial charge is 0.306 e. The van der Waals surface area contributed by atoms with Crippen LogP contribution in [0.15, 0.2) is 106 Å². The standard InChI is InChI=1S/C60H81ClO9/c1-4-7-14-25-47-34-37-50-43(33-40-55(50)62)22-17-10-12-19-28-57(64)69-48(26-15-8-5-2)35-38-51-45(23-18-11-13-20-29-56(63)68-47)41-53(59(51)66)44-24-21-30-58(65)70-49(27-16-9-6-3)36-39-52-46(32-31-44)42-54(61)60(52)67/h10-11,17-18,31,33,37-43,45-49H,4-9,12-16,19-30,32,34-36H2,1-3H3/b17-10-,18-11-,44-31+,50-37+,51-38-,52-39+/t43-,45-,46-,47-,48-,49-/m0/s1. The predicted molar refractivity (Wildman–Crippen MR) is 279 cm³/mol. The third-order valence-corrected chi connectivity index (χ3v) is 14.5. The molecule has 0 bridgehead atoms. The number of carbonyl (C=O) groups excluding carboxylic acids is 6. The fourth-order valence-electron chi connectivity index (χ4n) is 10.1. The normalized spacial score (nSPS) is 30.3. The van der Waals surface area contributed by atoms with E-state index in [2.05, 4.69) is 51.2 Å². The van der Waals surface area contributed by atoms with Gasteiger partial charge in [0, 0.05) is 78.6 Å². The van der Waals surface area contributed by atoms with E-state index in [1.165, 1.54) is 0 Å². The van der Waals surface area contributed by atoms with Crippen LogP contribution in [0, 0.1) is 17.8 Å². The van der Waals surface area contributed by atoms with Crippen molar-refractivity contribution in [3.05, 3.63) is 106 Å². The SMILES string of the molecule is CCCCC[C@H]1C/C=C2\C(=O)C(/C3=C/C[C@H]4C=C(Cl)C(=O)/C4=C/C[C@H](CCCCC)OC(=O)CCC3)=C[C@@H]2C/C=C\CCCC(=O)O[C@@H](CCCCC)C/C=C2/C(=O)C=C[C@@H]2C/C=C\CCCC(=O)O1. The van der Waals surface area contributed by atoms with Gasteiger partial charge in [-0.3, -0.25) is 28.8 Å². The van der Waals surface area contributed by atoms with Gasteiger partial charge in [0.15, 0.2) is 17.3 Å². The van der Waals surface area contributed by atoms with Crippen LogP contribution in [0.25, 0.3) is 0 Å². The quantitative estimate of drug-likeness (QED) is 0.0766. The maximum absolute atomic E-state index is 14.8. The van der Waals surface area contributed by atoms with Crippen molar-refractivity contribution in [2.75, 3.05) is 0 Å². The number of halogens is 1. The summed E-state index contributed by atoms with van der Waals surface area (Å²) in [5.74, 6) is -1.55. The van der Waals surface area contributed by atoms with Crippen LogP contribution >= 0.6 is 11.6 Å². The summed E-state index contributed by atoms with van der Waals surface area (Å²) in [6.45, 7) is 6.42. The van der Waals surface area contributed by atoms with Gasteiger partial charge in [-0.2, -0.15) is 0 Å². The van der Waals surface area contributed by atoms with Crippen LogP contribution in [-0.2, 0) is 43.0 Å². The fraction of sp³-hybridized carbons (Fsp3) is 0.600. The maximum atomic E-state index is 14.8. The van der Waals surface area contributed by atoms with Crippen molar-refractivity contribution >= 4 is 46.9 Å². The third-order valence-electron chi connectivity index (χ3n) is 14.2. The number of Topliss-reactive ketones (excluding diaryl/α,β-unsaturated/α-hetero) is 2. The summed E-state index contributed by atoms with van der Waals surface area (Å²) in [7, 11) is 0. The summed E-state index contributed by atoms with van der Waals surface area (Å²) in [6, 6.07) is 0. The lowest BCUT2D eigenvalue weighted by molar-refractivity contribution is -0.150. The number of allylic oxidation sites excluding steroid dienone is 15. The maximum Gasteiger partial charge on any atom is 0.306 e. The number of hydrogen-bond acceptors (Lipinski definition) is 9. The number of ether oxygens (including phenoxy) is 3. The average Bonchev–Trinajstić information content (AvgIpc) is 3.95. The third kappa shape index (κ3) is 18.5. The van der Waals surface area contributed by atoms with E-state index >= 15 is 0 Å². The topological polar surface area (TPSA) is 130 Å². The van der Waals surface area contributed by atoms with Crippen molar-refractivity contribution in [2.24, 2.45) is 17.8 Å². The molecule has 10 heteroatoms. The lowest BCUT2D eigenvalue weighted by Gasteiger charge is -2.18. The first kappa shape index (κ1) is 56.3. The van der Waals surface area contributed by atoms with Crippen molar-refractivity contribution in [1.29, 1.82) is 0 Å². The molecule has 9 nitrogen and oxygen atoms in total. The van der Waals surface area contributed by atoms with Gasteiger partial charge < -0.3 is 14.2 Å². The van der Waals surface area contributed by atoms with Gasteiger partial charge in [-0.05, 0) is 108 Å². The molecule has 5 rings (SSSR count). The van der Waals surface area contributed by atoms with Gasteiger partial charge in [-0.25, -0.2) is 0 Å². The Morgan fingerprint density at radius 2 is 0.957 bits per heavy atom. The monoisotopic (exact) mass is 981 g/mol. The molecule has 0 saturated carbocycles. The Morgan fingerprint density at radius 3 is 1.49 bits per heavy atom. The first-order valence-corrected chi connectivity index (χ1v) is 27.5.